The first-order valence-corrected chi connectivity index (χ1v) is 10.7. The van der Waals surface area contributed by atoms with Crippen LogP contribution < -0.4 is 5.32 Å². The molecule has 1 amide bonds. The number of carbonyl (C=O) groups is 1. The van der Waals surface area contributed by atoms with Gasteiger partial charge in [0.05, 0.1) is 11.0 Å². The molecule has 1 saturated carbocycles. The maximum atomic E-state index is 13.0. The van der Waals surface area contributed by atoms with E-state index in [0.717, 1.165) is 12.8 Å². The molecular weight excluding hydrogens is 373 g/mol. The zero-order valence-corrected chi connectivity index (χ0v) is 15.8. The molecule has 1 aromatic heterocycles. The third kappa shape index (κ3) is 4.91. The van der Waals surface area contributed by atoms with Crippen LogP contribution in [0.3, 0.4) is 0 Å². The zero-order valence-electron chi connectivity index (χ0n) is 15.0. The molecule has 0 bridgehead atoms. The number of hydrogen-bond donors (Lipinski definition) is 1. The molecule has 7 nitrogen and oxygen atoms in total. The van der Waals surface area contributed by atoms with Crippen molar-refractivity contribution >= 4 is 15.7 Å². The third-order valence-corrected chi connectivity index (χ3v) is 6.98. The molecule has 146 valence electrons. The second kappa shape index (κ2) is 8.16. The van der Waals surface area contributed by atoms with Crippen molar-refractivity contribution in [1.82, 2.24) is 15.5 Å². The molecule has 0 saturated heterocycles. The van der Waals surface area contributed by atoms with E-state index in [1.54, 1.807) is 6.92 Å². The lowest BCUT2D eigenvalue weighted by Crippen LogP contribution is -2.30. The van der Waals surface area contributed by atoms with Crippen LogP contribution in [0.25, 0.3) is 11.4 Å². The van der Waals surface area contributed by atoms with Gasteiger partial charge in [0, 0.05) is 12.0 Å². The number of nitrogens with one attached hydrogen (secondary N) is 1. The maximum absolute atomic E-state index is 13.0. The van der Waals surface area contributed by atoms with Gasteiger partial charge in [0.25, 0.3) is 0 Å². The van der Waals surface area contributed by atoms with E-state index in [2.05, 4.69) is 15.5 Å². The van der Waals surface area contributed by atoms with Gasteiger partial charge in [-0.25, -0.2) is 12.8 Å². The molecule has 1 atom stereocenters. The first-order chi connectivity index (χ1) is 12.8. The van der Waals surface area contributed by atoms with Gasteiger partial charge in [0.15, 0.2) is 9.84 Å². The molecule has 0 aliphatic heterocycles. The van der Waals surface area contributed by atoms with Gasteiger partial charge in [0.1, 0.15) is 11.9 Å². The fourth-order valence-electron chi connectivity index (χ4n) is 3.15. The second-order valence-corrected chi connectivity index (χ2v) is 9.18. The second-order valence-electron chi connectivity index (χ2n) is 6.78. The quantitative estimate of drug-likeness (QED) is 0.773. The normalized spacial score (nSPS) is 16.4. The summed E-state index contributed by atoms with van der Waals surface area (Å²) in [6.45, 7) is 1.67. The number of hydrogen-bond acceptors (Lipinski definition) is 6. The number of halogens is 1. The summed E-state index contributed by atoms with van der Waals surface area (Å²) >= 11 is 0. The molecule has 1 N–H and O–H groups in total. The molecule has 0 spiro atoms. The summed E-state index contributed by atoms with van der Waals surface area (Å²) in [4.78, 5) is 16.3. The lowest BCUT2D eigenvalue weighted by atomic mass is 10.2. The summed E-state index contributed by atoms with van der Waals surface area (Å²) < 4.78 is 42.6. The van der Waals surface area contributed by atoms with E-state index in [4.69, 9.17) is 4.52 Å². The van der Waals surface area contributed by atoms with Crippen molar-refractivity contribution in [2.75, 3.05) is 5.75 Å². The highest BCUT2D eigenvalue weighted by Gasteiger charge is 2.29. The van der Waals surface area contributed by atoms with Crippen LogP contribution >= 0.6 is 0 Å². The fraction of sp³-hybridized carbons (Fsp3) is 0.500. The van der Waals surface area contributed by atoms with E-state index in [0.29, 0.717) is 18.4 Å². The van der Waals surface area contributed by atoms with Crippen LogP contribution in [0.2, 0.25) is 0 Å². The number of aromatic nitrogens is 2. The lowest BCUT2D eigenvalue weighted by molar-refractivity contribution is -0.121. The molecule has 1 aliphatic carbocycles. The van der Waals surface area contributed by atoms with Crippen LogP contribution in [0, 0.1) is 5.82 Å². The Labute approximate surface area is 157 Å². The van der Waals surface area contributed by atoms with E-state index in [1.165, 1.54) is 24.3 Å². The summed E-state index contributed by atoms with van der Waals surface area (Å²) in [5.41, 5.74) is 0.590. The highest BCUT2D eigenvalue weighted by atomic mass is 32.2. The first kappa shape index (κ1) is 19.5. The van der Waals surface area contributed by atoms with Crippen molar-refractivity contribution in [3.05, 3.63) is 36.0 Å². The Morgan fingerprint density at radius 3 is 2.63 bits per heavy atom. The average molecular weight is 395 g/mol. The molecule has 1 heterocycles. The minimum Gasteiger partial charge on any atom is -0.345 e. The zero-order chi connectivity index (χ0) is 19.4. The van der Waals surface area contributed by atoms with Gasteiger partial charge in [-0.15, -0.1) is 0 Å². The van der Waals surface area contributed by atoms with Crippen LogP contribution in [0.15, 0.2) is 28.8 Å². The third-order valence-electron chi connectivity index (χ3n) is 4.72. The molecule has 1 unspecified atom stereocenters. The van der Waals surface area contributed by atoms with Crippen molar-refractivity contribution in [3.8, 4) is 11.4 Å². The van der Waals surface area contributed by atoms with Crippen LogP contribution in [-0.2, 0) is 14.6 Å². The highest BCUT2D eigenvalue weighted by molar-refractivity contribution is 7.92. The Morgan fingerprint density at radius 1 is 1.30 bits per heavy atom. The molecule has 3 rings (SSSR count). The number of rotatable bonds is 7. The van der Waals surface area contributed by atoms with E-state index < -0.39 is 15.9 Å². The summed E-state index contributed by atoms with van der Waals surface area (Å²) in [5.74, 6) is -0.418. The van der Waals surface area contributed by atoms with Gasteiger partial charge in [-0.1, -0.05) is 18.0 Å². The number of sulfone groups is 1. The van der Waals surface area contributed by atoms with Crippen LogP contribution in [0.5, 0.6) is 0 Å². The molecule has 0 radical (unpaired) electrons. The molecule has 9 heteroatoms. The lowest BCUT2D eigenvalue weighted by Gasteiger charge is -2.12. The topological polar surface area (TPSA) is 102 Å². The predicted molar refractivity (Wildman–Crippen MR) is 96.9 cm³/mol. The molecule has 27 heavy (non-hydrogen) atoms. The molecule has 1 fully saturated rings. The summed E-state index contributed by atoms with van der Waals surface area (Å²) in [6, 6.07) is 5.08. The van der Waals surface area contributed by atoms with Crippen LogP contribution in [0.1, 0.15) is 51.0 Å². The minimum absolute atomic E-state index is 0.0951. The summed E-state index contributed by atoms with van der Waals surface area (Å²) in [5, 5.41) is 6.19. The van der Waals surface area contributed by atoms with Gasteiger partial charge in [-0.05, 0) is 44.0 Å². The number of benzene rings is 1. The summed E-state index contributed by atoms with van der Waals surface area (Å²) in [7, 11) is -3.23. The highest BCUT2D eigenvalue weighted by Crippen LogP contribution is 2.25. The van der Waals surface area contributed by atoms with Crippen LogP contribution in [0.4, 0.5) is 4.39 Å². The van der Waals surface area contributed by atoms with Crippen molar-refractivity contribution in [2.24, 2.45) is 0 Å². The number of amides is 1. The van der Waals surface area contributed by atoms with Gasteiger partial charge in [-0.2, -0.15) is 4.98 Å². The van der Waals surface area contributed by atoms with E-state index >= 15 is 0 Å². The minimum atomic E-state index is -3.23. The smallest absolute Gasteiger partial charge is 0.249 e. The predicted octanol–water partition coefficient (Wildman–Crippen LogP) is 2.80. The number of carbonyl (C=O) groups excluding carboxylic acids is 1. The van der Waals surface area contributed by atoms with E-state index in [9.17, 15) is 17.6 Å². The SMILES string of the molecule is CC(NC(=O)CCS(=O)(=O)C1CCCC1)c1nc(-c2ccc(F)cc2)no1. The van der Waals surface area contributed by atoms with Gasteiger partial charge < -0.3 is 9.84 Å². The standard InChI is InChI=1S/C18H22FN3O4S/c1-12(18-21-17(22-26-18)13-6-8-14(19)9-7-13)20-16(23)10-11-27(24,25)15-4-2-3-5-15/h6-9,12,15H,2-5,10-11H2,1H3,(H,20,23). The Balaban J connectivity index is 1.54. The Morgan fingerprint density at radius 2 is 1.96 bits per heavy atom. The van der Waals surface area contributed by atoms with Crippen molar-refractivity contribution < 1.29 is 22.1 Å². The monoisotopic (exact) mass is 395 g/mol. The van der Waals surface area contributed by atoms with E-state index in [-0.39, 0.29) is 40.9 Å². The molecule has 1 aromatic carbocycles. The first-order valence-electron chi connectivity index (χ1n) is 8.95. The summed E-state index contributed by atoms with van der Waals surface area (Å²) in [6.07, 6.45) is 3.15. The Hall–Kier alpha value is -2.29. The molecular formula is C18H22FN3O4S. The van der Waals surface area contributed by atoms with Gasteiger partial charge in [-0.3, -0.25) is 4.79 Å². The van der Waals surface area contributed by atoms with Gasteiger partial charge in [0.2, 0.25) is 17.6 Å². The number of nitrogens with zero attached hydrogens (tertiary/aromatic N) is 2. The Kier molecular flexibility index (Phi) is 5.88. The largest absolute Gasteiger partial charge is 0.345 e. The fourth-order valence-corrected chi connectivity index (χ4v) is 5.01. The van der Waals surface area contributed by atoms with Gasteiger partial charge >= 0.3 is 0 Å². The Bertz CT molecular complexity index is 890. The maximum Gasteiger partial charge on any atom is 0.249 e. The average Bonchev–Trinajstić information content (AvgIpc) is 3.33. The van der Waals surface area contributed by atoms with Crippen molar-refractivity contribution in [1.29, 1.82) is 0 Å². The molecule has 1 aliphatic rings. The van der Waals surface area contributed by atoms with Crippen molar-refractivity contribution in [2.45, 2.75) is 50.3 Å². The van der Waals surface area contributed by atoms with Crippen molar-refractivity contribution in [3.63, 3.8) is 0 Å². The van der Waals surface area contributed by atoms with E-state index in [1.807, 2.05) is 0 Å². The van der Waals surface area contributed by atoms with Crippen LogP contribution in [-0.4, -0.2) is 35.5 Å². The molecule has 2 aromatic rings.